The number of fused-ring (bicyclic) bond motifs is 2. The number of aromatic hydroxyl groups is 1. The number of esters is 1. The first-order valence-corrected chi connectivity index (χ1v) is 9.95. The molecule has 6 heteroatoms. The molecule has 1 aliphatic heterocycles. The molecule has 2 aromatic rings. The number of aliphatic hydroxyl groups is 1. The van der Waals surface area contributed by atoms with Crippen LogP contribution in [0, 0.1) is 5.82 Å². The van der Waals surface area contributed by atoms with Crippen LogP contribution in [0.1, 0.15) is 46.3 Å². The molecular weight excluding hydrogens is 373 g/mol. The van der Waals surface area contributed by atoms with Crippen molar-refractivity contribution in [3.8, 4) is 16.9 Å². The van der Waals surface area contributed by atoms with E-state index in [1.807, 2.05) is 12.1 Å². The molecule has 0 aromatic heterocycles. The van der Waals surface area contributed by atoms with Gasteiger partial charge in [-0.3, -0.25) is 0 Å². The Labute approximate surface area is 169 Å². The van der Waals surface area contributed by atoms with E-state index >= 15 is 0 Å². The number of aryl methyl sites for hydroxylation is 1. The van der Waals surface area contributed by atoms with Crippen LogP contribution in [0.4, 0.5) is 4.39 Å². The number of ether oxygens (including phenoxy) is 1. The Morgan fingerprint density at radius 2 is 1.90 bits per heavy atom. The molecule has 0 bridgehead atoms. The van der Waals surface area contributed by atoms with Gasteiger partial charge >= 0.3 is 5.97 Å². The van der Waals surface area contributed by atoms with Crippen molar-refractivity contribution in [3.63, 3.8) is 0 Å². The number of hydrogen-bond donors (Lipinski definition) is 2. The number of piperidine rings is 1. The summed E-state index contributed by atoms with van der Waals surface area (Å²) in [6.07, 6.45) is 4.17. The molecule has 154 valence electrons. The maximum absolute atomic E-state index is 14.6. The summed E-state index contributed by atoms with van der Waals surface area (Å²) in [4.78, 5) is 14.1. The number of hydrogen-bond acceptors (Lipinski definition) is 5. The first kappa shape index (κ1) is 19.9. The van der Waals surface area contributed by atoms with Gasteiger partial charge in [0.05, 0.1) is 19.3 Å². The number of phenolic OH excluding ortho intramolecular Hbond substituents is 1. The molecule has 0 unspecified atom stereocenters. The summed E-state index contributed by atoms with van der Waals surface area (Å²) in [6.45, 7) is 1.85. The minimum atomic E-state index is -0.842. The predicted octanol–water partition coefficient (Wildman–Crippen LogP) is 3.39. The second kappa shape index (κ2) is 7.43. The SMILES string of the molecule is COC(=O)c1cc(O)c(-c2cc3c(cc2CO)CCC32CCN(C)CC2)cc1F. The highest BCUT2D eigenvalue weighted by molar-refractivity contribution is 5.91. The summed E-state index contributed by atoms with van der Waals surface area (Å²) in [7, 11) is 3.30. The number of likely N-dealkylation sites (tertiary alicyclic amines) is 1. The third-order valence-electron chi connectivity index (χ3n) is 6.67. The Morgan fingerprint density at radius 3 is 2.55 bits per heavy atom. The van der Waals surface area contributed by atoms with Crippen LogP contribution >= 0.6 is 0 Å². The molecule has 0 amide bonds. The summed E-state index contributed by atoms with van der Waals surface area (Å²) in [5, 5.41) is 20.5. The third kappa shape index (κ3) is 3.30. The molecule has 1 spiro atoms. The Kier molecular flexibility index (Phi) is 5.09. The van der Waals surface area contributed by atoms with Gasteiger partial charge in [0, 0.05) is 5.56 Å². The van der Waals surface area contributed by atoms with Gasteiger partial charge in [0.1, 0.15) is 11.6 Å². The van der Waals surface area contributed by atoms with E-state index in [-0.39, 0.29) is 28.9 Å². The molecule has 1 saturated heterocycles. The molecule has 0 atom stereocenters. The number of rotatable bonds is 3. The number of carbonyl (C=O) groups is 1. The summed E-state index contributed by atoms with van der Waals surface area (Å²) in [5.74, 6) is -1.81. The Hall–Kier alpha value is -2.44. The average molecular weight is 399 g/mol. The largest absolute Gasteiger partial charge is 0.507 e. The number of aliphatic hydroxyl groups excluding tert-OH is 1. The lowest BCUT2D eigenvalue weighted by atomic mass is 9.73. The van der Waals surface area contributed by atoms with Gasteiger partial charge in [-0.05, 0) is 91.7 Å². The summed E-state index contributed by atoms with van der Waals surface area (Å²) >= 11 is 0. The Morgan fingerprint density at radius 1 is 1.17 bits per heavy atom. The molecule has 0 saturated carbocycles. The van der Waals surface area contributed by atoms with Crippen LogP contribution in [0.3, 0.4) is 0 Å². The monoisotopic (exact) mass is 399 g/mol. The van der Waals surface area contributed by atoms with E-state index < -0.39 is 11.8 Å². The van der Waals surface area contributed by atoms with Crippen LogP contribution in [0.5, 0.6) is 5.75 Å². The van der Waals surface area contributed by atoms with Crippen LogP contribution in [0.25, 0.3) is 11.1 Å². The number of carbonyl (C=O) groups excluding carboxylic acids is 1. The van der Waals surface area contributed by atoms with Gasteiger partial charge in [0.2, 0.25) is 0 Å². The van der Waals surface area contributed by atoms with E-state index in [9.17, 15) is 19.4 Å². The molecule has 2 aromatic carbocycles. The number of benzene rings is 2. The minimum Gasteiger partial charge on any atom is -0.507 e. The van der Waals surface area contributed by atoms with Gasteiger partial charge in [0.15, 0.2) is 0 Å². The lowest BCUT2D eigenvalue weighted by Gasteiger charge is -2.39. The normalized spacial score (nSPS) is 18.1. The zero-order valence-electron chi connectivity index (χ0n) is 16.8. The molecule has 4 rings (SSSR count). The molecule has 2 N–H and O–H groups in total. The quantitative estimate of drug-likeness (QED) is 0.775. The van der Waals surface area contributed by atoms with Crippen molar-refractivity contribution in [1.29, 1.82) is 0 Å². The van der Waals surface area contributed by atoms with E-state index in [0.29, 0.717) is 11.1 Å². The Bertz CT molecular complexity index is 964. The zero-order chi connectivity index (χ0) is 20.8. The molecule has 1 heterocycles. The average Bonchev–Trinajstić information content (AvgIpc) is 3.07. The number of methoxy groups -OCH3 is 1. The fraction of sp³-hybridized carbons (Fsp3) is 0.435. The van der Waals surface area contributed by atoms with Crippen molar-refractivity contribution in [1.82, 2.24) is 4.90 Å². The second-order valence-corrected chi connectivity index (χ2v) is 8.25. The highest BCUT2D eigenvalue weighted by Crippen LogP contribution is 2.48. The van der Waals surface area contributed by atoms with Crippen LogP contribution < -0.4 is 0 Å². The van der Waals surface area contributed by atoms with Crippen molar-refractivity contribution in [2.75, 3.05) is 27.2 Å². The van der Waals surface area contributed by atoms with Crippen LogP contribution in [0.2, 0.25) is 0 Å². The molecule has 1 aliphatic carbocycles. The van der Waals surface area contributed by atoms with E-state index in [1.165, 1.54) is 11.1 Å². The van der Waals surface area contributed by atoms with Crippen molar-refractivity contribution in [2.45, 2.75) is 37.7 Å². The van der Waals surface area contributed by atoms with Crippen molar-refractivity contribution < 1.29 is 24.1 Å². The minimum absolute atomic E-state index is 0.102. The molecular formula is C23H26FNO4. The van der Waals surface area contributed by atoms with Gasteiger partial charge in [-0.1, -0.05) is 6.07 Å². The standard InChI is InChI=1S/C23H26FNO4/c1-25-7-5-23(6-8-25)4-3-14-9-15(13-26)16(10-19(14)23)17-11-20(24)18(12-21(17)27)22(28)29-2/h9-12,26-27H,3-8,13H2,1-2H3. The first-order valence-electron chi connectivity index (χ1n) is 9.95. The second-order valence-electron chi connectivity index (χ2n) is 8.25. The van der Waals surface area contributed by atoms with Gasteiger partial charge in [-0.2, -0.15) is 0 Å². The smallest absolute Gasteiger partial charge is 0.340 e. The van der Waals surface area contributed by atoms with Crippen molar-refractivity contribution >= 4 is 5.97 Å². The predicted molar refractivity (Wildman–Crippen MR) is 107 cm³/mol. The summed E-state index contributed by atoms with van der Waals surface area (Å²) in [6, 6.07) is 6.25. The topological polar surface area (TPSA) is 70.0 Å². The Balaban J connectivity index is 1.83. The number of halogens is 1. The zero-order valence-corrected chi connectivity index (χ0v) is 16.8. The van der Waals surface area contributed by atoms with Crippen molar-refractivity contribution in [3.05, 3.63) is 52.3 Å². The number of phenols is 1. The lowest BCUT2D eigenvalue weighted by Crippen LogP contribution is -2.39. The molecule has 29 heavy (non-hydrogen) atoms. The molecule has 5 nitrogen and oxygen atoms in total. The van der Waals surface area contributed by atoms with Gasteiger partial charge in [-0.15, -0.1) is 0 Å². The maximum Gasteiger partial charge on any atom is 0.340 e. The van der Waals surface area contributed by atoms with E-state index in [2.05, 4.69) is 16.7 Å². The maximum atomic E-state index is 14.6. The summed E-state index contributed by atoms with van der Waals surface area (Å²) in [5.41, 5.74) is 3.80. The molecule has 2 aliphatic rings. The number of nitrogens with zero attached hydrogens (tertiary/aromatic N) is 1. The third-order valence-corrected chi connectivity index (χ3v) is 6.67. The first-order chi connectivity index (χ1) is 13.9. The van der Waals surface area contributed by atoms with Crippen LogP contribution in [0.15, 0.2) is 24.3 Å². The fourth-order valence-electron chi connectivity index (χ4n) is 4.90. The van der Waals surface area contributed by atoms with Gasteiger partial charge < -0.3 is 19.8 Å². The van der Waals surface area contributed by atoms with Gasteiger partial charge in [0.25, 0.3) is 0 Å². The molecule has 0 radical (unpaired) electrons. The van der Waals surface area contributed by atoms with Gasteiger partial charge in [-0.25, -0.2) is 9.18 Å². The van der Waals surface area contributed by atoms with Crippen molar-refractivity contribution in [2.24, 2.45) is 0 Å². The molecule has 1 fully saturated rings. The highest BCUT2D eigenvalue weighted by Gasteiger charge is 2.41. The van der Waals surface area contributed by atoms with Crippen LogP contribution in [-0.2, 0) is 23.2 Å². The summed E-state index contributed by atoms with van der Waals surface area (Å²) < 4.78 is 19.1. The highest BCUT2D eigenvalue weighted by atomic mass is 19.1. The van der Waals surface area contributed by atoms with E-state index in [1.54, 1.807) is 0 Å². The fourth-order valence-corrected chi connectivity index (χ4v) is 4.90. The van der Waals surface area contributed by atoms with E-state index in [0.717, 1.165) is 58.0 Å². The lowest BCUT2D eigenvalue weighted by molar-refractivity contribution is 0.0595. The van der Waals surface area contributed by atoms with Crippen LogP contribution in [-0.4, -0.2) is 48.3 Å². The van der Waals surface area contributed by atoms with E-state index in [4.69, 9.17) is 0 Å².